The third-order valence-corrected chi connectivity index (χ3v) is 2.59. The second kappa shape index (κ2) is 4.84. The molecule has 0 unspecified atom stereocenters. The number of rotatable bonds is 3. The molecule has 3 rings (SSSR count). The van der Waals surface area contributed by atoms with Crippen molar-refractivity contribution in [3.63, 3.8) is 0 Å². The highest BCUT2D eigenvalue weighted by Crippen LogP contribution is 2.21. The van der Waals surface area contributed by atoms with Crippen LogP contribution in [0.5, 0.6) is 0 Å². The maximum absolute atomic E-state index is 11.8. The van der Waals surface area contributed by atoms with Crippen LogP contribution in [0.15, 0.2) is 45.9 Å². The van der Waals surface area contributed by atoms with E-state index in [-0.39, 0.29) is 11.5 Å². The number of anilines is 2. The standard InChI is InChI=1S/C12H9N5O3/c13-11-10(16-20-17-11)12(18)15-8-3-1-7(2-4-8)9-5-14-6-19-9/h1-6H,(H2,13,17)(H,15,18). The normalized spacial score (nSPS) is 10.4. The molecule has 0 spiro atoms. The van der Waals surface area contributed by atoms with Gasteiger partial charge in [-0.25, -0.2) is 9.61 Å². The minimum Gasteiger partial charge on any atom is -0.444 e. The molecule has 8 nitrogen and oxygen atoms in total. The minimum atomic E-state index is -0.490. The van der Waals surface area contributed by atoms with Crippen LogP contribution in [-0.4, -0.2) is 21.2 Å². The Morgan fingerprint density at radius 2 is 2.00 bits per heavy atom. The molecule has 1 amide bonds. The summed E-state index contributed by atoms with van der Waals surface area (Å²) in [6.07, 6.45) is 2.96. The van der Waals surface area contributed by atoms with Gasteiger partial charge in [-0.3, -0.25) is 4.79 Å². The van der Waals surface area contributed by atoms with Gasteiger partial charge >= 0.3 is 0 Å². The molecule has 3 aromatic rings. The average Bonchev–Trinajstić information content (AvgIpc) is 3.10. The van der Waals surface area contributed by atoms with E-state index in [1.165, 1.54) is 6.39 Å². The lowest BCUT2D eigenvalue weighted by molar-refractivity contribution is 0.101. The Balaban J connectivity index is 1.76. The maximum Gasteiger partial charge on any atom is 0.281 e. The van der Waals surface area contributed by atoms with Crippen molar-refractivity contribution in [2.24, 2.45) is 0 Å². The van der Waals surface area contributed by atoms with E-state index in [1.54, 1.807) is 30.5 Å². The Bertz CT molecular complexity index is 718. The summed E-state index contributed by atoms with van der Waals surface area (Å²) in [5.74, 6) is 0.102. The van der Waals surface area contributed by atoms with Crippen LogP contribution in [0.2, 0.25) is 0 Å². The summed E-state index contributed by atoms with van der Waals surface area (Å²) in [6.45, 7) is 0. The number of carbonyl (C=O) groups excluding carboxylic acids is 1. The fraction of sp³-hybridized carbons (Fsp3) is 0. The van der Waals surface area contributed by atoms with Crippen molar-refractivity contribution in [2.75, 3.05) is 11.1 Å². The van der Waals surface area contributed by atoms with Crippen LogP contribution in [0.1, 0.15) is 10.5 Å². The van der Waals surface area contributed by atoms with Gasteiger partial charge in [-0.1, -0.05) is 0 Å². The molecule has 0 saturated carbocycles. The van der Waals surface area contributed by atoms with E-state index in [1.807, 2.05) is 0 Å². The van der Waals surface area contributed by atoms with Gasteiger partial charge in [-0.15, -0.1) is 0 Å². The molecule has 0 aliphatic rings. The van der Waals surface area contributed by atoms with Gasteiger partial charge in [0, 0.05) is 11.3 Å². The molecule has 2 heterocycles. The smallest absolute Gasteiger partial charge is 0.281 e. The summed E-state index contributed by atoms with van der Waals surface area (Å²) in [5, 5.41) is 9.39. The summed E-state index contributed by atoms with van der Waals surface area (Å²) in [7, 11) is 0. The molecule has 1 aromatic carbocycles. The van der Waals surface area contributed by atoms with E-state index in [4.69, 9.17) is 10.2 Å². The van der Waals surface area contributed by atoms with Crippen LogP contribution in [0.3, 0.4) is 0 Å². The third-order valence-electron chi connectivity index (χ3n) is 2.59. The predicted octanol–water partition coefficient (Wildman–Crippen LogP) is 1.56. The van der Waals surface area contributed by atoms with E-state index in [0.717, 1.165) is 5.56 Å². The number of nitrogens with zero attached hydrogens (tertiary/aromatic N) is 3. The molecule has 0 atom stereocenters. The van der Waals surface area contributed by atoms with Crippen molar-refractivity contribution >= 4 is 17.4 Å². The summed E-state index contributed by atoms with van der Waals surface area (Å²) in [5.41, 5.74) is 6.82. The zero-order valence-electron chi connectivity index (χ0n) is 10.1. The Morgan fingerprint density at radius 3 is 2.60 bits per heavy atom. The van der Waals surface area contributed by atoms with E-state index in [2.05, 4.69) is 25.2 Å². The third kappa shape index (κ3) is 2.21. The van der Waals surface area contributed by atoms with Crippen molar-refractivity contribution in [3.8, 4) is 11.3 Å². The summed E-state index contributed by atoms with van der Waals surface area (Å²) in [4.78, 5) is 15.7. The summed E-state index contributed by atoms with van der Waals surface area (Å²) < 4.78 is 9.54. The lowest BCUT2D eigenvalue weighted by Gasteiger charge is -2.03. The number of amides is 1. The first kappa shape index (κ1) is 11.9. The molecular weight excluding hydrogens is 262 g/mol. The Kier molecular flexibility index (Phi) is 2.88. The number of benzene rings is 1. The highest BCUT2D eigenvalue weighted by molar-refractivity contribution is 6.05. The van der Waals surface area contributed by atoms with Gasteiger partial charge in [0.05, 0.1) is 6.20 Å². The molecule has 100 valence electrons. The van der Waals surface area contributed by atoms with Crippen molar-refractivity contribution < 1.29 is 13.8 Å². The fourth-order valence-electron chi connectivity index (χ4n) is 1.62. The Morgan fingerprint density at radius 1 is 1.20 bits per heavy atom. The van der Waals surface area contributed by atoms with Gasteiger partial charge in [-0.05, 0) is 34.6 Å². The maximum atomic E-state index is 11.8. The topological polar surface area (TPSA) is 120 Å². The van der Waals surface area contributed by atoms with Gasteiger partial charge < -0.3 is 15.5 Å². The van der Waals surface area contributed by atoms with Crippen molar-refractivity contribution in [1.82, 2.24) is 15.3 Å². The van der Waals surface area contributed by atoms with Crippen LogP contribution in [-0.2, 0) is 0 Å². The van der Waals surface area contributed by atoms with Crippen molar-refractivity contribution in [2.45, 2.75) is 0 Å². The van der Waals surface area contributed by atoms with Crippen LogP contribution < -0.4 is 11.1 Å². The molecule has 20 heavy (non-hydrogen) atoms. The zero-order valence-corrected chi connectivity index (χ0v) is 10.1. The second-order valence-corrected chi connectivity index (χ2v) is 3.90. The fourth-order valence-corrected chi connectivity index (χ4v) is 1.62. The van der Waals surface area contributed by atoms with Crippen LogP contribution >= 0.6 is 0 Å². The molecule has 2 aromatic heterocycles. The molecule has 0 saturated heterocycles. The number of oxazole rings is 1. The molecule has 3 N–H and O–H groups in total. The molecule has 8 heteroatoms. The largest absolute Gasteiger partial charge is 0.444 e. The first-order valence-electron chi connectivity index (χ1n) is 5.62. The monoisotopic (exact) mass is 271 g/mol. The highest BCUT2D eigenvalue weighted by Gasteiger charge is 2.16. The number of carbonyl (C=O) groups is 1. The van der Waals surface area contributed by atoms with E-state index in [0.29, 0.717) is 11.4 Å². The van der Waals surface area contributed by atoms with Crippen molar-refractivity contribution in [1.29, 1.82) is 0 Å². The lowest BCUT2D eigenvalue weighted by atomic mass is 10.1. The quantitative estimate of drug-likeness (QED) is 0.741. The van der Waals surface area contributed by atoms with E-state index < -0.39 is 5.91 Å². The minimum absolute atomic E-state index is 0.0516. The molecule has 0 bridgehead atoms. The number of aromatic nitrogens is 3. The molecule has 0 fully saturated rings. The van der Waals surface area contributed by atoms with E-state index >= 15 is 0 Å². The van der Waals surface area contributed by atoms with Gasteiger partial charge in [0.2, 0.25) is 11.5 Å². The van der Waals surface area contributed by atoms with E-state index in [9.17, 15) is 4.79 Å². The lowest BCUT2D eigenvalue weighted by Crippen LogP contribution is -2.14. The van der Waals surface area contributed by atoms with Gasteiger partial charge in [-0.2, -0.15) is 0 Å². The van der Waals surface area contributed by atoms with Crippen LogP contribution in [0, 0.1) is 0 Å². The highest BCUT2D eigenvalue weighted by atomic mass is 16.6. The van der Waals surface area contributed by atoms with Crippen LogP contribution in [0.4, 0.5) is 11.5 Å². The van der Waals surface area contributed by atoms with Gasteiger partial charge in [0.15, 0.2) is 12.2 Å². The number of nitrogens with one attached hydrogen (secondary N) is 1. The molecular formula is C12H9N5O3. The van der Waals surface area contributed by atoms with Crippen LogP contribution in [0.25, 0.3) is 11.3 Å². The van der Waals surface area contributed by atoms with Gasteiger partial charge in [0.1, 0.15) is 0 Å². The Hall–Kier alpha value is -3.16. The number of hydrogen-bond donors (Lipinski definition) is 2. The summed E-state index contributed by atoms with van der Waals surface area (Å²) in [6, 6.07) is 7.03. The average molecular weight is 271 g/mol. The zero-order chi connectivity index (χ0) is 13.9. The number of nitrogens with two attached hydrogens (primary N) is 1. The second-order valence-electron chi connectivity index (χ2n) is 3.90. The first-order chi connectivity index (χ1) is 9.74. The Labute approximate surface area is 112 Å². The molecule has 0 radical (unpaired) electrons. The molecule has 0 aliphatic heterocycles. The summed E-state index contributed by atoms with van der Waals surface area (Å²) >= 11 is 0. The SMILES string of the molecule is Nc1nonc1C(=O)Nc1ccc(-c2cnco2)cc1. The molecule has 0 aliphatic carbocycles. The number of nitrogen functional groups attached to an aromatic ring is 1. The van der Waals surface area contributed by atoms with Crippen molar-refractivity contribution in [3.05, 3.63) is 42.5 Å². The first-order valence-corrected chi connectivity index (χ1v) is 5.62. The van der Waals surface area contributed by atoms with Gasteiger partial charge in [0.25, 0.3) is 5.91 Å². The predicted molar refractivity (Wildman–Crippen MR) is 68.6 cm³/mol. The number of hydrogen-bond acceptors (Lipinski definition) is 7.